The molecule has 40 heavy (non-hydrogen) atoms. The van der Waals surface area contributed by atoms with E-state index in [0.29, 0.717) is 16.8 Å². The lowest BCUT2D eigenvalue weighted by molar-refractivity contribution is -0.138. The predicted molar refractivity (Wildman–Crippen MR) is 144 cm³/mol. The summed E-state index contributed by atoms with van der Waals surface area (Å²) in [7, 11) is 1.62. The quantitative estimate of drug-likeness (QED) is 0.280. The molecule has 5 rings (SSSR count). The van der Waals surface area contributed by atoms with Gasteiger partial charge in [-0.05, 0) is 67.6 Å². The van der Waals surface area contributed by atoms with Gasteiger partial charge in [-0.1, -0.05) is 31.4 Å². The molecule has 10 heteroatoms. The van der Waals surface area contributed by atoms with E-state index in [-0.39, 0.29) is 23.0 Å². The van der Waals surface area contributed by atoms with Gasteiger partial charge in [-0.2, -0.15) is 18.3 Å². The molecule has 1 aliphatic rings. The van der Waals surface area contributed by atoms with Crippen LogP contribution >= 0.6 is 0 Å². The van der Waals surface area contributed by atoms with E-state index in [4.69, 9.17) is 0 Å². The van der Waals surface area contributed by atoms with Crippen LogP contribution in [0, 0.1) is 12.7 Å². The molecule has 0 amide bonds. The first-order valence-corrected chi connectivity index (χ1v) is 13.1. The molecule has 1 aliphatic carbocycles. The van der Waals surface area contributed by atoms with Gasteiger partial charge in [0.2, 0.25) is 0 Å². The third-order valence-electron chi connectivity index (χ3n) is 6.92. The summed E-state index contributed by atoms with van der Waals surface area (Å²) in [5.41, 5.74) is 0.555. The first kappa shape index (κ1) is 28.9. The minimum absolute atomic E-state index is 0.0154. The van der Waals surface area contributed by atoms with Crippen molar-refractivity contribution in [2.45, 2.75) is 57.7 Å². The van der Waals surface area contributed by atoms with Gasteiger partial charge in [0.25, 0.3) is 11.1 Å². The summed E-state index contributed by atoms with van der Waals surface area (Å²) in [6.07, 6.45) is 3.03. The van der Waals surface area contributed by atoms with Crippen molar-refractivity contribution in [3.05, 3.63) is 116 Å². The van der Waals surface area contributed by atoms with Crippen molar-refractivity contribution in [2.24, 2.45) is 7.05 Å². The van der Waals surface area contributed by atoms with E-state index in [0.717, 1.165) is 48.4 Å². The number of halogens is 4. The largest absolute Gasteiger partial charge is 0.418 e. The van der Waals surface area contributed by atoms with Crippen LogP contribution in [-0.2, 0) is 19.8 Å². The maximum absolute atomic E-state index is 13.5. The summed E-state index contributed by atoms with van der Waals surface area (Å²) in [5.74, 6) is -0.147. The molecule has 0 saturated heterocycles. The van der Waals surface area contributed by atoms with Crippen molar-refractivity contribution in [3.63, 3.8) is 0 Å². The fourth-order valence-corrected chi connectivity index (χ4v) is 4.79. The van der Waals surface area contributed by atoms with Gasteiger partial charge in [0.1, 0.15) is 5.82 Å². The van der Waals surface area contributed by atoms with Crippen LogP contribution in [-0.4, -0.2) is 19.3 Å². The number of pyridine rings is 2. The van der Waals surface area contributed by atoms with Crippen LogP contribution in [0.3, 0.4) is 0 Å². The molecule has 3 aromatic heterocycles. The lowest BCUT2D eigenvalue weighted by atomic mass is 9.84. The van der Waals surface area contributed by atoms with Crippen LogP contribution in [0.2, 0.25) is 0 Å². The second kappa shape index (κ2) is 12.4. The average molecular weight is 555 g/mol. The van der Waals surface area contributed by atoms with Crippen LogP contribution in [0.15, 0.2) is 76.6 Å². The number of benzene rings is 1. The second-order valence-corrected chi connectivity index (χ2v) is 9.94. The number of hydrogen-bond donors (Lipinski definition) is 0. The third kappa shape index (κ3) is 7.11. The highest BCUT2D eigenvalue weighted by Gasteiger charge is 2.34. The summed E-state index contributed by atoms with van der Waals surface area (Å²) in [5, 5.41) is 4.34. The molecule has 0 bridgehead atoms. The molecule has 0 N–H and O–H groups in total. The Morgan fingerprint density at radius 3 is 2.35 bits per heavy atom. The molecule has 0 spiro atoms. The summed E-state index contributed by atoms with van der Waals surface area (Å²) in [6.45, 7) is 1.45. The Bertz CT molecular complexity index is 1570. The van der Waals surface area contributed by atoms with E-state index < -0.39 is 23.8 Å². The molecule has 210 valence electrons. The molecule has 3 heterocycles. The van der Waals surface area contributed by atoms with Crippen molar-refractivity contribution in [2.75, 3.05) is 0 Å². The van der Waals surface area contributed by atoms with Crippen LogP contribution < -0.4 is 11.1 Å². The molecule has 6 nitrogen and oxygen atoms in total. The summed E-state index contributed by atoms with van der Waals surface area (Å²) < 4.78 is 55.0. The van der Waals surface area contributed by atoms with Gasteiger partial charge in [-0.15, -0.1) is 0 Å². The molecule has 1 fully saturated rings. The zero-order valence-electron chi connectivity index (χ0n) is 22.3. The van der Waals surface area contributed by atoms with Crippen molar-refractivity contribution in [1.82, 2.24) is 19.3 Å². The van der Waals surface area contributed by atoms with Gasteiger partial charge in [-0.3, -0.25) is 14.6 Å². The average Bonchev–Trinajstić information content (AvgIpc) is 2.92. The number of aryl methyl sites for hydroxylation is 2. The molecular weight excluding hydrogens is 524 g/mol. The van der Waals surface area contributed by atoms with Crippen LogP contribution in [0.25, 0.3) is 11.3 Å². The summed E-state index contributed by atoms with van der Waals surface area (Å²) >= 11 is 0. The Morgan fingerprint density at radius 2 is 1.73 bits per heavy atom. The van der Waals surface area contributed by atoms with Gasteiger partial charge in [0.15, 0.2) is 0 Å². The molecule has 0 atom stereocenters. The molecule has 0 aliphatic heterocycles. The van der Waals surface area contributed by atoms with E-state index in [1.54, 1.807) is 31.4 Å². The lowest BCUT2D eigenvalue weighted by Crippen LogP contribution is -2.30. The van der Waals surface area contributed by atoms with E-state index in [2.05, 4.69) is 10.1 Å². The van der Waals surface area contributed by atoms with Crippen molar-refractivity contribution in [3.8, 4) is 11.3 Å². The van der Waals surface area contributed by atoms with E-state index in [1.165, 1.54) is 35.0 Å². The summed E-state index contributed by atoms with van der Waals surface area (Å²) in [4.78, 5) is 29.3. The van der Waals surface area contributed by atoms with Gasteiger partial charge >= 0.3 is 6.18 Å². The maximum atomic E-state index is 13.5. The van der Waals surface area contributed by atoms with Crippen LogP contribution in [0.1, 0.15) is 60.4 Å². The first-order valence-electron chi connectivity index (χ1n) is 13.1. The van der Waals surface area contributed by atoms with Crippen molar-refractivity contribution < 1.29 is 17.6 Å². The number of alkyl halides is 3. The monoisotopic (exact) mass is 554 g/mol. The predicted octanol–water partition coefficient (Wildman–Crippen LogP) is 6.25. The molecule has 0 unspecified atom stereocenters. The van der Waals surface area contributed by atoms with E-state index in [9.17, 15) is 27.2 Å². The normalized spacial score (nSPS) is 13.9. The zero-order chi connectivity index (χ0) is 28.9. The zero-order valence-corrected chi connectivity index (χ0v) is 22.3. The Morgan fingerprint density at radius 1 is 0.975 bits per heavy atom. The first-order chi connectivity index (χ1) is 19.0. The van der Waals surface area contributed by atoms with Crippen molar-refractivity contribution >= 4 is 0 Å². The smallest absolute Gasteiger partial charge is 0.319 e. The second-order valence-electron chi connectivity index (χ2n) is 9.94. The number of hydrogen-bond acceptors (Lipinski definition) is 4. The number of rotatable bonds is 4. The molecule has 0 radical (unpaired) electrons. The molecule has 4 aromatic rings. The van der Waals surface area contributed by atoms with E-state index in [1.807, 2.05) is 13.0 Å². The molecule has 1 saturated carbocycles. The van der Waals surface area contributed by atoms with E-state index >= 15 is 0 Å². The Labute approximate surface area is 229 Å². The topological polar surface area (TPSA) is 69.8 Å². The number of aromatic nitrogens is 4. The van der Waals surface area contributed by atoms with Gasteiger partial charge < -0.3 is 4.57 Å². The maximum Gasteiger partial charge on any atom is 0.418 e. The summed E-state index contributed by atoms with van der Waals surface area (Å²) in [6, 6.07) is 13.5. The van der Waals surface area contributed by atoms with Gasteiger partial charge in [-0.25, -0.2) is 9.07 Å². The Kier molecular flexibility index (Phi) is 8.96. The highest BCUT2D eigenvalue weighted by Crippen LogP contribution is 2.33. The van der Waals surface area contributed by atoms with Crippen LogP contribution in [0.4, 0.5) is 17.6 Å². The molecular formula is C30H30F4N4O2. The van der Waals surface area contributed by atoms with Gasteiger partial charge in [0.05, 0.1) is 23.5 Å². The fraction of sp³-hybridized carbons (Fsp3) is 0.333. The standard InChI is InChI=1S/C23H23F3N4O2.C7H7F/c1-29-11-9-16(12-21(29)31)19-13-17(15-6-3-2-4-7-15)22(32)30(28-19)14-20-18(23(24,25)26)8-5-10-27-20;1-6-3-2-4-7(8)5-6/h5,8-13,15H,2-4,6-7,14H2,1H3;2-5H,1H3. The SMILES string of the molecule is Cc1cccc(F)c1.Cn1ccc(-c2cc(C3CCCCC3)c(=O)n(Cc3ncccc3C(F)(F)F)n2)cc1=O. The van der Waals surface area contributed by atoms with Crippen molar-refractivity contribution in [1.29, 1.82) is 0 Å². The Hall–Kier alpha value is -4.08. The highest BCUT2D eigenvalue weighted by atomic mass is 19.4. The highest BCUT2D eigenvalue weighted by molar-refractivity contribution is 5.58. The third-order valence-corrected chi connectivity index (χ3v) is 6.92. The molecule has 1 aromatic carbocycles. The van der Waals surface area contributed by atoms with Crippen LogP contribution in [0.5, 0.6) is 0 Å². The van der Waals surface area contributed by atoms with Gasteiger partial charge in [0, 0.05) is 36.6 Å². The Balaban J connectivity index is 0.000000398. The fourth-order valence-electron chi connectivity index (χ4n) is 4.79. The lowest BCUT2D eigenvalue weighted by Gasteiger charge is -2.22. The number of nitrogens with zero attached hydrogens (tertiary/aromatic N) is 4. The minimum Gasteiger partial charge on any atom is -0.319 e. The minimum atomic E-state index is -4.59.